The molecule has 0 heterocycles. The van der Waals surface area contributed by atoms with E-state index in [0.717, 1.165) is 24.0 Å². The van der Waals surface area contributed by atoms with Crippen LogP contribution in [0, 0.1) is 0 Å². The van der Waals surface area contributed by atoms with E-state index in [1.165, 1.54) is 0 Å². The predicted octanol–water partition coefficient (Wildman–Crippen LogP) is 3.27. The van der Waals surface area contributed by atoms with Gasteiger partial charge in [0.05, 0.1) is 0 Å². The third-order valence-corrected chi connectivity index (χ3v) is 1.83. The van der Waals surface area contributed by atoms with Crippen LogP contribution < -0.4 is 0 Å². The standard InChI is InChI=1S/C11H18O/c1-5-7-11(10(4)12)8-9(3)6-2/h6,8H,5,7H2,1-4H3/b9-6+,11-8+. The summed E-state index contributed by atoms with van der Waals surface area (Å²) in [5, 5.41) is 0. The molecular formula is C11H18O. The zero-order valence-corrected chi connectivity index (χ0v) is 8.48. The first-order chi connectivity index (χ1) is 5.61. The number of allylic oxidation sites excluding steroid dienone is 4. The molecule has 1 nitrogen and oxygen atoms in total. The second-order valence-corrected chi connectivity index (χ2v) is 3.01. The number of carbonyl (C=O) groups is 1. The second kappa shape index (κ2) is 5.76. The molecule has 0 aromatic rings. The fourth-order valence-electron chi connectivity index (χ4n) is 0.977. The molecular weight excluding hydrogens is 148 g/mol. The van der Waals surface area contributed by atoms with E-state index in [0.29, 0.717) is 0 Å². The molecule has 0 aliphatic carbocycles. The predicted molar refractivity (Wildman–Crippen MR) is 53.1 cm³/mol. The Hall–Kier alpha value is -0.850. The maximum absolute atomic E-state index is 11.1. The van der Waals surface area contributed by atoms with Crippen molar-refractivity contribution in [3.63, 3.8) is 0 Å². The Kier molecular flexibility index (Phi) is 5.35. The van der Waals surface area contributed by atoms with Crippen LogP contribution in [0.1, 0.15) is 40.5 Å². The SMILES string of the molecule is C/C=C(C)/C=C(\CCC)C(C)=O. The smallest absolute Gasteiger partial charge is 0.155 e. The number of rotatable bonds is 4. The van der Waals surface area contributed by atoms with Crippen molar-refractivity contribution in [1.29, 1.82) is 0 Å². The fraction of sp³-hybridized carbons (Fsp3) is 0.545. The van der Waals surface area contributed by atoms with Crippen LogP contribution in [0.2, 0.25) is 0 Å². The van der Waals surface area contributed by atoms with Gasteiger partial charge < -0.3 is 0 Å². The lowest BCUT2D eigenvalue weighted by Crippen LogP contribution is -1.96. The molecule has 0 atom stereocenters. The molecule has 0 saturated carbocycles. The van der Waals surface area contributed by atoms with Crippen molar-refractivity contribution in [3.05, 3.63) is 23.3 Å². The Bertz CT molecular complexity index is 209. The molecule has 0 saturated heterocycles. The molecule has 0 amide bonds. The van der Waals surface area contributed by atoms with Gasteiger partial charge in [0, 0.05) is 0 Å². The molecule has 0 spiro atoms. The van der Waals surface area contributed by atoms with Crippen molar-refractivity contribution in [2.24, 2.45) is 0 Å². The van der Waals surface area contributed by atoms with E-state index in [2.05, 4.69) is 6.92 Å². The van der Waals surface area contributed by atoms with Crippen molar-refractivity contribution in [2.45, 2.75) is 40.5 Å². The first-order valence-electron chi connectivity index (χ1n) is 4.46. The molecule has 68 valence electrons. The largest absolute Gasteiger partial charge is 0.295 e. The van der Waals surface area contributed by atoms with Crippen LogP contribution in [-0.4, -0.2) is 5.78 Å². The number of carbonyl (C=O) groups excluding carboxylic acids is 1. The maximum atomic E-state index is 11.1. The van der Waals surface area contributed by atoms with Crippen LogP contribution in [0.3, 0.4) is 0 Å². The van der Waals surface area contributed by atoms with Gasteiger partial charge in [-0.2, -0.15) is 0 Å². The molecule has 0 N–H and O–H groups in total. The van der Waals surface area contributed by atoms with Crippen LogP contribution in [0.15, 0.2) is 23.3 Å². The summed E-state index contributed by atoms with van der Waals surface area (Å²) in [6.45, 7) is 7.71. The van der Waals surface area contributed by atoms with E-state index >= 15 is 0 Å². The van der Waals surface area contributed by atoms with Gasteiger partial charge in [-0.3, -0.25) is 4.79 Å². The Morgan fingerprint density at radius 2 is 1.92 bits per heavy atom. The van der Waals surface area contributed by atoms with E-state index in [9.17, 15) is 4.79 Å². The summed E-state index contributed by atoms with van der Waals surface area (Å²) in [6, 6.07) is 0. The minimum atomic E-state index is 0.193. The van der Waals surface area contributed by atoms with Crippen molar-refractivity contribution >= 4 is 5.78 Å². The lowest BCUT2D eigenvalue weighted by Gasteiger charge is -2.00. The summed E-state index contributed by atoms with van der Waals surface area (Å²) in [5.74, 6) is 0.193. The maximum Gasteiger partial charge on any atom is 0.155 e. The first-order valence-corrected chi connectivity index (χ1v) is 4.46. The van der Waals surface area contributed by atoms with Gasteiger partial charge in [0.1, 0.15) is 0 Å². The van der Waals surface area contributed by atoms with E-state index in [4.69, 9.17) is 0 Å². The zero-order chi connectivity index (χ0) is 9.56. The van der Waals surface area contributed by atoms with E-state index in [1.807, 2.05) is 26.0 Å². The van der Waals surface area contributed by atoms with Gasteiger partial charge in [0.15, 0.2) is 5.78 Å². The Labute approximate surface area is 75.2 Å². The molecule has 0 rings (SSSR count). The third kappa shape index (κ3) is 4.12. The van der Waals surface area contributed by atoms with Crippen LogP contribution in [-0.2, 0) is 4.79 Å². The number of ketones is 1. The van der Waals surface area contributed by atoms with Gasteiger partial charge in [-0.1, -0.05) is 31.1 Å². The Morgan fingerprint density at radius 3 is 2.25 bits per heavy atom. The zero-order valence-electron chi connectivity index (χ0n) is 8.48. The van der Waals surface area contributed by atoms with E-state index in [1.54, 1.807) is 6.92 Å². The summed E-state index contributed by atoms with van der Waals surface area (Å²) in [5.41, 5.74) is 2.10. The van der Waals surface area contributed by atoms with Crippen LogP contribution in [0.5, 0.6) is 0 Å². The van der Waals surface area contributed by atoms with Crippen LogP contribution >= 0.6 is 0 Å². The lowest BCUT2D eigenvalue weighted by atomic mass is 10.0. The summed E-state index contributed by atoms with van der Waals surface area (Å²) < 4.78 is 0. The van der Waals surface area contributed by atoms with Gasteiger partial charge in [-0.25, -0.2) is 0 Å². The molecule has 0 aromatic heterocycles. The number of hydrogen-bond acceptors (Lipinski definition) is 1. The summed E-state index contributed by atoms with van der Waals surface area (Å²) >= 11 is 0. The topological polar surface area (TPSA) is 17.1 Å². The molecule has 0 unspecified atom stereocenters. The average molecular weight is 166 g/mol. The molecule has 1 heteroatoms. The minimum absolute atomic E-state index is 0.193. The molecule has 0 aliphatic rings. The number of hydrogen-bond donors (Lipinski definition) is 0. The summed E-state index contributed by atoms with van der Waals surface area (Å²) in [4.78, 5) is 11.1. The van der Waals surface area contributed by atoms with Crippen molar-refractivity contribution in [3.8, 4) is 0 Å². The first kappa shape index (κ1) is 11.2. The van der Waals surface area contributed by atoms with Crippen molar-refractivity contribution < 1.29 is 4.79 Å². The molecule has 12 heavy (non-hydrogen) atoms. The molecule has 0 radical (unpaired) electrons. The highest BCUT2D eigenvalue weighted by atomic mass is 16.1. The molecule has 0 bridgehead atoms. The lowest BCUT2D eigenvalue weighted by molar-refractivity contribution is -0.113. The monoisotopic (exact) mass is 166 g/mol. The van der Waals surface area contributed by atoms with E-state index in [-0.39, 0.29) is 5.78 Å². The summed E-state index contributed by atoms with van der Waals surface area (Å²) in [7, 11) is 0. The summed E-state index contributed by atoms with van der Waals surface area (Å²) in [6.07, 6.45) is 5.91. The Balaban J connectivity index is 4.49. The fourth-order valence-corrected chi connectivity index (χ4v) is 0.977. The molecule has 0 fully saturated rings. The normalized spacial score (nSPS) is 13.3. The van der Waals surface area contributed by atoms with Gasteiger partial charge in [-0.05, 0) is 32.8 Å². The van der Waals surface area contributed by atoms with Gasteiger partial charge in [0.2, 0.25) is 0 Å². The van der Waals surface area contributed by atoms with Crippen molar-refractivity contribution in [1.82, 2.24) is 0 Å². The van der Waals surface area contributed by atoms with Crippen molar-refractivity contribution in [2.75, 3.05) is 0 Å². The highest BCUT2D eigenvalue weighted by Crippen LogP contribution is 2.09. The highest BCUT2D eigenvalue weighted by molar-refractivity contribution is 5.93. The van der Waals surface area contributed by atoms with Gasteiger partial charge >= 0.3 is 0 Å². The van der Waals surface area contributed by atoms with Gasteiger partial charge in [0.25, 0.3) is 0 Å². The average Bonchev–Trinajstić information content (AvgIpc) is 2.03. The van der Waals surface area contributed by atoms with Crippen LogP contribution in [0.4, 0.5) is 0 Å². The highest BCUT2D eigenvalue weighted by Gasteiger charge is 2.01. The second-order valence-electron chi connectivity index (χ2n) is 3.01. The van der Waals surface area contributed by atoms with E-state index < -0.39 is 0 Å². The third-order valence-electron chi connectivity index (χ3n) is 1.83. The minimum Gasteiger partial charge on any atom is -0.295 e. The quantitative estimate of drug-likeness (QED) is 0.462. The van der Waals surface area contributed by atoms with Crippen LogP contribution in [0.25, 0.3) is 0 Å². The Morgan fingerprint density at radius 1 is 1.33 bits per heavy atom. The van der Waals surface area contributed by atoms with Gasteiger partial charge in [-0.15, -0.1) is 0 Å². The molecule has 0 aromatic carbocycles. The number of Topliss-reactive ketones (excluding diaryl/α,β-unsaturated/α-hetero) is 1. The molecule has 0 aliphatic heterocycles.